The fourth-order valence-electron chi connectivity index (χ4n) is 4.79. The van der Waals surface area contributed by atoms with Gasteiger partial charge in [0, 0.05) is 48.5 Å². The highest BCUT2D eigenvalue weighted by molar-refractivity contribution is 5.92. The van der Waals surface area contributed by atoms with Gasteiger partial charge in [-0.1, -0.05) is 6.07 Å². The zero-order valence-corrected chi connectivity index (χ0v) is 17.6. The first kappa shape index (κ1) is 19.4. The molecule has 6 nitrogen and oxygen atoms in total. The summed E-state index contributed by atoms with van der Waals surface area (Å²) in [5, 5.41) is 4.80. The van der Waals surface area contributed by atoms with Gasteiger partial charge in [-0.15, -0.1) is 0 Å². The van der Waals surface area contributed by atoms with Gasteiger partial charge in [0.2, 0.25) is 0 Å². The molecule has 2 fully saturated rings. The lowest BCUT2D eigenvalue weighted by Crippen LogP contribution is -2.46. The third-order valence-corrected chi connectivity index (χ3v) is 6.44. The molecular weight excluding hydrogens is 374 g/mol. The molecule has 0 amide bonds. The second-order valence-corrected chi connectivity index (χ2v) is 8.50. The number of benzene rings is 1. The minimum Gasteiger partial charge on any atom is -0.379 e. The Bertz CT molecular complexity index is 1010. The van der Waals surface area contributed by atoms with Crippen LogP contribution in [0.3, 0.4) is 0 Å². The Morgan fingerprint density at radius 1 is 0.967 bits per heavy atom. The molecule has 0 spiro atoms. The summed E-state index contributed by atoms with van der Waals surface area (Å²) in [5.41, 5.74) is 4.40. The molecule has 1 aromatic carbocycles. The van der Waals surface area contributed by atoms with Crippen LogP contribution < -0.4 is 5.32 Å². The van der Waals surface area contributed by atoms with E-state index in [9.17, 15) is 0 Å². The van der Waals surface area contributed by atoms with E-state index < -0.39 is 0 Å². The van der Waals surface area contributed by atoms with Crippen molar-refractivity contribution in [1.29, 1.82) is 0 Å². The predicted octanol–water partition coefficient (Wildman–Crippen LogP) is 4.06. The van der Waals surface area contributed by atoms with E-state index in [4.69, 9.17) is 4.74 Å². The van der Waals surface area contributed by atoms with Crippen molar-refractivity contribution in [2.75, 3.05) is 31.6 Å². The molecule has 2 aliphatic rings. The monoisotopic (exact) mass is 403 g/mol. The second-order valence-electron chi connectivity index (χ2n) is 8.50. The molecule has 3 aromatic rings. The van der Waals surface area contributed by atoms with Gasteiger partial charge in [-0.05, 0) is 61.9 Å². The predicted molar refractivity (Wildman–Crippen MR) is 120 cm³/mol. The number of fused-ring (bicyclic) bond motifs is 1. The van der Waals surface area contributed by atoms with Crippen LogP contribution in [0.5, 0.6) is 0 Å². The van der Waals surface area contributed by atoms with Crippen molar-refractivity contribution < 1.29 is 4.74 Å². The number of aryl methyl sites for hydroxylation is 1. The Kier molecular flexibility index (Phi) is 5.60. The molecule has 6 heteroatoms. The molecule has 0 radical (unpaired) electrons. The van der Waals surface area contributed by atoms with Gasteiger partial charge in [0.1, 0.15) is 12.1 Å². The van der Waals surface area contributed by atoms with Crippen molar-refractivity contribution in [2.45, 2.75) is 44.7 Å². The highest BCUT2D eigenvalue weighted by atomic mass is 16.5. The van der Waals surface area contributed by atoms with E-state index in [1.807, 2.05) is 12.4 Å². The van der Waals surface area contributed by atoms with E-state index in [0.717, 1.165) is 59.7 Å². The maximum atomic E-state index is 5.51. The van der Waals surface area contributed by atoms with Crippen molar-refractivity contribution in [2.24, 2.45) is 0 Å². The SMILES string of the molecule is Cc1cncc(-c2ccc3ncnc(NC4CCC(N5CCOCC5)CC4)c3c2)c1. The Hall–Kier alpha value is -2.57. The van der Waals surface area contributed by atoms with Gasteiger partial charge in [-0.25, -0.2) is 9.97 Å². The van der Waals surface area contributed by atoms with E-state index in [2.05, 4.69) is 56.4 Å². The summed E-state index contributed by atoms with van der Waals surface area (Å²) in [6, 6.07) is 9.71. The summed E-state index contributed by atoms with van der Waals surface area (Å²) in [7, 11) is 0. The maximum absolute atomic E-state index is 5.51. The van der Waals surface area contributed by atoms with Crippen LogP contribution in [0.4, 0.5) is 5.82 Å². The van der Waals surface area contributed by atoms with E-state index in [0.29, 0.717) is 12.1 Å². The van der Waals surface area contributed by atoms with E-state index in [1.165, 1.54) is 25.7 Å². The van der Waals surface area contributed by atoms with Crippen molar-refractivity contribution in [3.05, 3.63) is 48.5 Å². The number of hydrogen-bond donors (Lipinski definition) is 1. The molecule has 1 saturated carbocycles. The zero-order valence-electron chi connectivity index (χ0n) is 17.6. The first-order chi connectivity index (χ1) is 14.8. The topological polar surface area (TPSA) is 63.2 Å². The Morgan fingerprint density at radius 3 is 2.60 bits per heavy atom. The second kappa shape index (κ2) is 8.66. The number of aromatic nitrogens is 3. The smallest absolute Gasteiger partial charge is 0.137 e. The van der Waals surface area contributed by atoms with Gasteiger partial charge in [0.25, 0.3) is 0 Å². The quantitative estimate of drug-likeness (QED) is 0.709. The van der Waals surface area contributed by atoms with Gasteiger partial charge in [0.15, 0.2) is 0 Å². The van der Waals surface area contributed by atoms with Crippen LogP contribution in [0.25, 0.3) is 22.0 Å². The summed E-state index contributed by atoms with van der Waals surface area (Å²) in [4.78, 5) is 16.0. The number of pyridine rings is 1. The third kappa shape index (κ3) is 4.16. The highest BCUT2D eigenvalue weighted by Gasteiger charge is 2.27. The van der Waals surface area contributed by atoms with Gasteiger partial charge in [0.05, 0.1) is 18.7 Å². The number of morpholine rings is 1. The van der Waals surface area contributed by atoms with Crippen LogP contribution in [0.15, 0.2) is 43.0 Å². The summed E-state index contributed by atoms with van der Waals surface area (Å²) in [5.74, 6) is 0.942. The molecule has 1 aliphatic heterocycles. The molecule has 0 atom stereocenters. The number of nitrogens with one attached hydrogen (secondary N) is 1. The van der Waals surface area contributed by atoms with Gasteiger partial charge in [-0.2, -0.15) is 0 Å². The largest absolute Gasteiger partial charge is 0.379 e. The van der Waals surface area contributed by atoms with Crippen LogP contribution in [0, 0.1) is 6.92 Å². The Morgan fingerprint density at radius 2 is 1.80 bits per heavy atom. The van der Waals surface area contributed by atoms with E-state index >= 15 is 0 Å². The van der Waals surface area contributed by atoms with Crippen molar-refractivity contribution >= 4 is 16.7 Å². The van der Waals surface area contributed by atoms with Crippen LogP contribution in [-0.4, -0.2) is 58.2 Å². The summed E-state index contributed by atoms with van der Waals surface area (Å²) in [6.07, 6.45) is 10.3. The molecule has 1 saturated heterocycles. The van der Waals surface area contributed by atoms with Crippen molar-refractivity contribution in [1.82, 2.24) is 19.9 Å². The lowest BCUT2D eigenvalue weighted by Gasteiger charge is -2.39. The first-order valence-electron chi connectivity index (χ1n) is 11.0. The number of hydrogen-bond acceptors (Lipinski definition) is 6. The molecule has 0 unspecified atom stereocenters. The van der Waals surface area contributed by atoms with Gasteiger partial charge in [-0.3, -0.25) is 9.88 Å². The summed E-state index contributed by atoms with van der Waals surface area (Å²) in [6.45, 7) is 5.99. The van der Waals surface area contributed by atoms with Crippen LogP contribution in [0.2, 0.25) is 0 Å². The van der Waals surface area contributed by atoms with E-state index in [-0.39, 0.29) is 0 Å². The molecule has 1 N–H and O–H groups in total. The van der Waals surface area contributed by atoms with Crippen molar-refractivity contribution in [3.8, 4) is 11.1 Å². The lowest BCUT2D eigenvalue weighted by molar-refractivity contribution is 0.00791. The Balaban J connectivity index is 1.32. The van der Waals surface area contributed by atoms with Crippen LogP contribution in [-0.2, 0) is 4.74 Å². The minimum atomic E-state index is 0.463. The zero-order chi connectivity index (χ0) is 20.3. The molecule has 1 aliphatic carbocycles. The van der Waals surface area contributed by atoms with Crippen LogP contribution in [0.1, 0.15) is 31.2 Å². The summed E-state index contributed by atoms with van der Waals surface area (Å²) < 4.78 is 5.51. The lowest BCUT2D eigenvalue weighted by atomic mass is 9.90. The van der Waals surface area contributed by atoms with Gasteiger partial charge < -0.3 is 10.1 Å². The van der Waals surface area contributed by atoms with Gasteiger partial charge >= 0.3 is 0 Å². The molecular formula is C24H29N5O. The average Bonchev–Trinajstić information content (AvgIpc) is 2.80. The maximum Gasteiger partial charge on any atom is 0.137 e. The number of rotatable bonds is 4. The molecule has 2 aromatic heterocycles. The fraction of sp³-hybridized carbons (Fsp3) is 0.458. The Labute approximate surface area is 177 Å². The fourth-order valence-corrected chi connectivity index (χ4v) is 4.79. The molecule has 30 heavy (non-hydrogen) atoms. The highest BCUT2D eigenvalue weighted by Crippen LogP contribution is 2.30. The molecule has 0 bridgehead atoms. The standard InChI is InChI=1S/C24H29N5O/c1-17-12-19(15-25-14-17)18-2-7-23-22(13-18)24(27-16-26-23)28-20-3-5-21(6-4-20)29-8-10-30-11-9-29/h2,7,12-16,20-21H,3-6,8-11H2,1H3,(H,26,27,28). The van der Waals surface area contributed by atoms with E-state index in [1.54, 1.807) is 6.33 Å². The molecule has 156 valence electrons. The average molecular weight is 404 g/mol. The first-order valence-corrected chi connectivity index (χ1v) is 11.0. The minimum absolute atomic E-state index is 0.463. The number of anilines is 1. The molecule has 5 rings (SSSR count). The third-order valence-electron chi connectivity index (χ3n) is 6.44. The number of nitrogens with zero attached hydrogens (tertiary/aromatic N) is 4. The molecule has 3 heterocycles. The van der Waals surface area contributed by atoms with Crippen molar-refractivity contribution in [3.63, 3.8) is 0 Å². The number of ether oxygens (including phenoxy) is 1. The summed E-state index contributed by atoms with van der Waals surface area (Å²) >= 11 is 0. The van der Waals surface area contributed by atoms with Crippen LogP contribution >= 0.6 is 0 Å². The normalized spacial score (nSPS) is 22.8.